The van der Waals surface area contributed by atoms with E-state index in [1.54, 1.807) is 12.1 Å². The first-order valence-electron chi connectivity index (χ1n) is 7.42. The minimum absolute atomic E-state index is 0.0473. The second kappa shape index (κ2) is 7.00. The van der Waals surface area contributed by atoms with E-state index in [9.17, 15) is 29.0 Å². The smallest absolute Gasteiger partial charge is 0.352 e. The Balaban J connectivity index is 2.44. The van der Waals surface area contributed by atoms with Crippen molar-refractivity contribution >= 4 is 46.2 Å². The highest BCUT2D eigenvalue weighted by atomic mass is 35.5. The zero-order valence-corrected chi connectivity index (χ0v) is 14.1. The molecule has 1 aromatic carbocycles. The van der Waals surface area contributed by atoms with E-state index in [0.29, 0.717) is 5.56 Å². The Morgan fingerprint density at radius 3 is 2.59 bits per heavy atom. The molecule has 2 N–H and O–H groups in total. The van der Waals surface area contributed by atoms with Gasteiger partial charge in [0, 0.05) is 24.0 Å². The Kier molecular flexibility index (Phi) is 4.74. The molecule has 0 spiro atoms. The number of benzene rings is 1. The van der Waals surface area contributed by atoms with Crippen molar-refractivity contribution in [3.05, 3.63) is 75.0 Å². The van der Waals surface area contributed by atoms with Gasteiger partial charge in [0.1, 0.15) is 17.1 Å². The van der Waals surface area contributed by atoms with Crippen LogP contribution in [-0.2, 0) is 4.79 Å². The molecule has 0 atom stereocenters. The van der Waals surface area contributed by atoms with E-state index in [4.69, 9.17) is 11.6 Å². The average molecular weight is 389 g/mol. The molecule has 9 heteroatoms. The van der Waals surface area contributed by atoms with E-state index in [-0.39, 0.29) is 21.6 Å². The van der Waals surface area contributed by atoms with Crippen LogP contribution in [0.3, 0.4) is 0 Å². The first-order chi connectivity index (χ1) is 12.8. The van der Waals surface area contributed by atoms with E-state index in [0.717, 1.165) is 22.9 Å². The van der Waals surface area contributed by atoms with Crippen LogP contribution in [-0.4, -0.2) is 31.7 Å². The molecule has 3 rings (SSSR count). The average Bonchev–Trinajstić information content (AvgIpc) is 2.62. The Morgan fingerprint density at radius 1 is 1.26 bits per heavy atom. The van der Waals surface area contributed by atoms with Crippen molar-refractivity contribution in [3.63, 3.8) is 0 Å². The van der Waals surface area contributed by atoms with Crippen LogP contribution in [0, 0.1) is 5.82 Å². The number of carboxylic acid groups (broad SMARTS) is 2. The summed E-state index contributed by atoms with van der Waals surface area (Å²) in [7, 11) is 0. The number of aromatic carboxylic acids is 1. The predicted molar refractivity (Wildman–Crippen MR) is 96.2 cm³/mol. The molecule has 0 radical (unpaired) electrons. The number of aromatic nitrogens is 2. The Labute approximate surface area is 155 Å². The van der Waals surface area contributed by atoms with Crippen molar-refractivity contribution < 1.29 is 24.2 Å². The molecular weight excluding hydrogens is 379 g/mol. The maximum Gasteiger partial charge on any atom is 0.352 e. The maximum atomic E-state index is 13.8. The van der Waals surface area contributed by atoms with Gasteiger partial charge in [-0.1, -0.05) is 17.7 Å². The summed E-state index contributed by atoms with van der Waals surface area (Å²) in [6.07, 6.45) is 5.01. The summed E-state index contributed by atoms with van der Waals surface area (Å²) in [5.74, 6) is -3.90. The third-order valence-electron chi connectivity index (χ3n) is 3.74. The van der Waals surface area contributed by atoms with Gasteiger partial charge in [0.05, 0.1) is 10.5 Å². The number of nitrogens with zero attached hydrogens (tertiary/aromatic N) is 2. The van der Waals surface area contributed by atoms with Gasteiger partial charge < -0.3 is 14.8 Å². The van der Waals surface area contributed by atoms with E-state index >= 15 is 0 Å². The Bertz CT molecular complexity index is 1170. The summed E-state index contributed by atoms with van der Waals surface area (Å²) < 4.78 is 14.8. The summed E-state index contributed by atoms with van der Waals surface area (Å²) in [5.41, 5.74) is -1.66. The molecule has 0 aliphatic rings. The van der Waals surface area contributed by atoms with Crippen LogP contribution < -0.4 is 5.43 Å². The van der Waals surface area contributed by atoms with Crippen LogP contribution in [0.1, 0.15) is 15.9 Å². The van der Waals surface area contributed by atoms with Crippen LogP contribution in [0.5, 0.6) is 0 Å². The number of rotatable bonds is 4. The minimum atomic E-state index is -1.57. The molecular formula is C18H10ClFN2O5. The maximum absolute atomic E-state index is 13.8. The number of aliphatic carboxylic acids is 1. The number of carboxylic acids is 2. The molecule has 0 unspecified atom stereocenters. The topological polar surface area (TPSA) is 109 Å². The first kappa shape index (κ1) is 18.3. The van der Waals surface area contributed by atoms with Gasteiger partial charge in [0.25, 0.3) is 0 Å². The third-order valence-corrected chi connectivity index (χ3v) is 4.03. The molecule has 3 aromatic rings. The lowest BCUT2D eigenvalue weighted by Gasteiger charge is -2.14. The van der Waals surface area contributed by atoms with Crippen molar-refractivity contribution in [3.8, 4) is 0 Å². The SMILES string of the molecule is O=C(O)/C(=C/c1cccnc1)n1cc(C(=O)O)c(=O)c2cc(F)c(Cl)cc21. The lowest BCUT2D eigenvalue weighted by molar-refractivity contribution is -0.130. The second-order valence-corrected chi connectivity index (χ2v) is 5.86. The van der Waals surface area contributed by atoms with Crippen LogP contribution >= 0.6 is 11.6 Å². The molecule has 0 saturated carbocycles. The summed E-state index contributed by atoms with van der Waals surface area (Å²) in [5, 5.41) is 18.2. The molecule has 0 saturated heterocycles. The van der Waals surface area contributed by atoms with Gasteiger partial charge in [0.2, 0.25) is 5.43 Å². The number of hydrogen-bond donors (Lipinski definition) is 2. The zero-order valence-electron chi connectivity index (χ0n) is 13.4. The third kappa shape index (κ3) is 3.42. The van der Waals surface area contributed by atoms with Gasteiger partial charge in [0.15, 0.2) is 0 Å². The van der Waals surface area contributed by atoms with E-state index in [1.807, 2.05) is 0 Å². The highest BCUT2D eigenvalue weighted by Crippen LogP contribution is 2.25. The minimum Gasteiger partial charge on any atom is -0.477 e. The largest absolute Gasteiger partial charge is 0.477 e. The van der Waals surface area contributed by atoms with Gasteiger partial charge in [-0.2, -0.15) is 0 Å². The fourth-order valence-electron chi connectivity index (χ4n) is 2.53. The predicted octanol–water partition coefficient (Wildman–Crippen LogP) is 2.97. The Hall–Kier alpha value is -3.52. The lowest BCUT2D eigenvalue weighted by Crippen LogP contribution is -2.20. The molecule has 2 heterocycles. The monoisotopic (exact) mass is 388 g/mol. The van der Waals surface area contributed by atoms with E-state index < -0.39 is 28.7 Å². The summed E-state index contributed by atoms with van der Waals surface area (Å²) in [6.45, 7) is 0. The van der Waals surface area contributed by atoms with Gasteiger partial charge in [-0.3, -0.25) is 9.78 Å². The highest BCUT2D eigenvalue weighted by Gasteiger charge is 2.20. The van der Waals surface area contributed by atoms with Gasteiger partial charge >= 0.3 is 11.9 Å². The molecule has 0 amide bonds. The lowest BCUT2D eigenvalue weighted by atomic mass is 10.1. The second-order valence-electron chi connectivity index (χ2n) is 5.45. The quantitative estimate of drug-likeness (QED) is 0.665. The van der Waals surface area contributed by atoms with Crippen LogP contribution in [0.2, 0.25) is 5.02 Å². The van der Waals surface area contributed by atoms with Crippen LogP contribution in [0.25, 0.3) is 22.7 Å². The summed E-state index contributed by atoms with van der Waals surface area (Å²) >= 11 is 5.78. The van der Waals surface area contributed by atoms with Crippen LogP contribution in [0.15, 0.2) is 47.7 Å². The van der Waals surface area contributed by atoms with E-state index in [2.05, 4.69) is 4.98 Å². The highest BCUT2D eigenvalue weighted by molar-refractivity contribution is 6.31. The molecule has 0 fully saturated rings. The molecule has 136 valence electrons. The zero-order chi connectivity index (χ0) is 19.7. The number of pyridine rings is 2. The summed E-state index contributed by atoms with van der Waals surface area (Å²) in [4.78, 5) is 39.5. The van der Waals surface area contributed by atoms with Crippen molar-refractivity contribution in [2.24, 2.45) is 0 Å². The van der Waals surface area contributed by atoms with Crippen molar-refractivity contribution in [2.75, 3.05) is 0 Å². The molecule has 0 aliphatic heterocycles. The fraction of sp³-hybridized carbons (Fsp3) is 0. The summed E-state index contributed by atoms with van der Waals surface area (Å²) in [6, 6.07) is 5.03. The van der Waals surface area contributed by atoms with E-state index in [1.165, 1.54) is 18.5 Å². The molecule has 2 aromatic heterocycles. The fourth-order valence-corrected chi connectivity index (χ4v) is 2.68. The number of hydrogen-bond acceptors (Lipinski definition) is 4. The van der Waals surface area contributed by atoms with Gasteiger partial charge in [-0.25, -0.2) is 14.0 Å². The first-order valence-corrected chi connectivity index (χ1v) is 7.80. The Morgan fingerprint density at radius 2 is 2.00 bits per heavy atom. The molecule has 27 heavy (non-hydrogen) atoms. The normalized spacial score (nSPS) is 11.6. The van der Waals surface area contributed by atoms with Crippen molar-refractivity contribution in [2.45, 2.75) is 0 Å². The number of fused-ring (bicyclic) bond motifs is 1. The van der Waals surface area contributed by atoms with Gasteiger partial charge in [-0.05, 0) is 29.8 Å². The van der Waals surface area contributed by atoms with Gasteiger partial charge in [-0.15, -0.1) is 0 Å². The molecule has 0 aliphatic carbocycles. The molecule has 0 bridgehead atoms. The standard InChI is InChI=1S/C18H10ClFN2O5/c19-12-6-14-10(5-13(12)20)16(23)11(17(24)25)8-22(14)15(18(26)27)4-9-2-1-3-21-7-9/h1-8H,(H,24,25)(H,26,27)/b15-4-. The van der Waals surface area contributed by atoms with Crippen molar-refractivity contribution in [1.29, 1.82) is 0 Å². The molecule has 7 nitrogen and oxygen atoms in total. The number of carbonyl (C=O) groups is 2. The van der Waals surface area contributed by atoms with Crippen molar-refractivity contribution in [1.82, 2.24) is 9.55 Å². The van der Waals surface area contributed by atoms with Crippen LogP contribution in [0.4, 0.5) is 4.39 Å². The number of halogens is 2.